The molecule has 0 atom stereocenters. The third-order valence-corrected chi connectivity index (χ3v) is 18.4. The highest BCUT2D eigenvalue weighted by atomic mass is 32.1. The maximum absolute atomic E-state index is 6.76. The van der Waals surface area contributed by atoms with Gasteiger partial charge in [-0.15, -0.1) is 11.3 Å². The van der Waals surface area contributed by atoms with E-state index in [1.165, 1.54) is 75.8 Å². The molecule has 0 unspecified atom stereocenters. The van der Waals surface area contributed by atoms with Gasteiger partial charge in [0.1, 0.15) is 23.0 Å². The number of ether oxygens (including phenoxy) is 2. The molecule has 3 nitrogen and oxygen atoms in total. The van der Waals surface area contributed by atoms with Crippen LogP contribution in [-0.2, 0) is 10.8 Å². The topological polar surface area (TPSA) is 21.7 Å². The standard InChI is InChI=1S/C74H45NO2S/c1-4-21-59-53(18-1)55-39-34-49(44-65(55)73(59)61-23-6-10-27-67(61)76-68-28-11-7-24-62(68)73)47-16-15-17-51(42-47)75(50-36-32-46(33-37-50)48-35-41-72-58(43-48)57-20-3-14-31-71(57)78-72)52-38-40-56-54-19-2-5-22-60(54)74(66(56)45-52)63-25-8-12-29-69(63)77-70-30-13-9-26-64(70)74/h1-45H. The Balaban J connectivity index is 0.861. The second-order valence-electron chi connectivity index (χ2n) is 21.0. The zero-order chi connectivity index (χ0) is 51.1. The van der Waals surface area contributed by atoms with Crippen LogP contribution in [0.2, 0.25) is 0 Å². The van der Waals surface area contributed by atoms with Crippen molar-refractivity contribution in [1.29, 1.82) is 0 Å². The maximum Gasteiger partial charge on any atom is 0.132 e. The van der Waals surface area contributed by atoms with Crippen LogP contribution < -0.4 is 14.4 Å². The highest BCUT2D eigenvalue weighted by Gasteiger charge is 2.53. The van der Waals surface area contributed by atoms with Gasteiger partial charge in [0.05, 0.1) is 10.8 Å². The average molecular weight is 1010 g/mol. The number of benzene rings is 12. The van der Waals surface area contributed by atoms with Crippen LogP contribution in [0.15, 0.2) is 273 Å². The van der Waals surface area contributed by atoms with Gasteiger partial charge in [-0.3, -0.25) is 0 Å². The highest BCUT2D eigenvalue weighted by Crippen LogP contribution is 2.64. The fraction of sp³-hybridized carbons (Fsp3) is 0.0270. The van der Waals surface area contributed by atoms with Crippen molar-refractivity contribution in [1.82, 2.24) is 0 Å². The zero-order valence-corrected chi connectivity index (χ0v) is 43.0. The predicted molar refractivity (Wildman–Crippen MR) is 320 cm³/mol. The lowest BCUT2D eigenvalue weighted by Gasteiger charge is -2.39. The van der Waals surface area contributed by atoms with Crippen LogP contribution in [0, 0.1) is 0 Å². The number of thiophene rings is 1. The molecule has 4 aliphatic rings. The Morgan fingerprint density at radius 2 is 0.679 bits per heavy atom. The van der Waals surface area contributed by atoms with E-state index in [0.717, 1.165) is 73.4 Å². The van der Waals surface area contributed by atoms with Crippen molar-refractivity contribution in [2.45, 2.75) is 10.8 Å². The first-order valence-electron chi connectivity index (χ1n) is 26.8. The molecule has 0 bridgehead atoms. The minimum Gasteiger partial charge on any atom is -0.457 e. The summed E-state index contributed by atoms with van der Waals surface area (Å²) in [5.41, 5.74) is 21.3. The van der Waals surface area contributed by atoms with Gasteiger partial charge < -0.3 is 14.4 Å². The molecule has 3 heterocycles. The number of hydrogen-bond acceptors (Lipinski definition) is 4. The summed E-state index contributed by atoms with van der Waals surface area (Å²) in [6, 6.07) is 101. The van der Waals surface area contributed by atoms with Crippen molar-refractivity contribution in [3.8, 4) is 67.5 Å². The van der Waals surface area contributed by atoms with E-state index in [9.17, 15) is 0 Å². The lowest BCUT2D eigenvalue weighted by atomic mass is 9.66. The van der Waals surface area contributed by atoms with Crippen LogP contribution in [-0.4, -0.2) is 0 Å². The first kappa shape index (κ1) is 43.5. The Hall–Kier alpha value is -9.74. The molecular formula is C74H45NO2S. The second kappa shape index (κ2) is 16.4. The zero-order valence-electron chi connectivity index (χ0n) is 42.2. The largest absolute Gasteiger partial charge is 0.457 e. The minimum atomic E-state index is -0.616. The molecule has 2 aliphatic carbocycles. The van der Waals surface area contributed by atoms with Crippen LogP contribution in [0.1, 0.15) is 44.5 Å². The summed E-state index contributed by atoms with van der Waals surface area (Å²) in [5, 5.41) is 2.60. The number of hydrogen-bond donors (Lipinski definition) is 0. The van der Waals surface area contributed by atoms with E-state index in [1.54, 1.807) is 0 Å². The summed E-state index contributed by atoms with van der Waals surface area (Å²) < 4.78 is 16.1. The fourth-order valence-corrected chi connectivity index (χ4v) is 15.1. The van der Waals surface area contributed by atoms with Crippen molar-refractivity contribution in [2.24, 2.45) is 0 Å². The van der Waals surface area contributed by atoms with Gasteiger partial charge in [0.2, 0.25) is 0 Å². The Morgan fingerprint density at radius 1 is 0.256 bits per heavy atom. The first-order valence-corrected chi connectivity index (χ1v) is 27.6. The molecule has 78 heavy (non-hydrogen) atoms. The Morgan fingerprint density at radius 3 is 1.29 bits per heavy atom. The maximum atomic E-state index is 6.76. The summed E-state index contributed by atoms with van der Waals surface area (Å²) in [5.74, 6) is 3.54. The number of rotatable bonds is 5. The van der Waals surface area contributed by atoms with E-state index in [2.05, 4.69) is 278 Å². The average Bonchev–Trinajstić information content (AvgIpc) is 4.29. The molecule has 0 amide bonds. The molecule has 0 N–H and O–H groups in total. The van der Waals surface area contributed by atoms with E-state index in [1.807, 2.05) is 11.3 Å². The summed E-state index contributed by atoms with van der Waals surface area (Å²) >= 11 is 1.86. The lowest BCUT2D eigenvalue weighted by molar-refractivity contribution is 0.436. The molecule has 2 spiro atoms. The number of anilines is 3. The summed E-state index contributed by atoms with van der Waals surface area (Å²) in [7, 11) is 0. The van der Waals surface area contributed by atoms with Gasteiger partial charge in [0.25, 0.3) is 0 Å². The molecule has 0 saturated carbocycles. The Kier molecular flexibility index (Phi) is 9.14. The van der Waals surface area contributed by atoms with Gasteiger partial charge in [0.15, 0.2) is 0 Å². The second-order valence-corrected chi connectivity index (χ2v) is 22.1. The fourth-order valence-electron chi connectivity index (χ4n) is 14.0. The summed E-state index contributed by atoms with van der Waals surface area (Å²) in [6.07, 6.45) is 0. The molecule has 1 aromatic heterocycles. The van der Waals surface area contributed by atoms with E-state index >= 15 is 0 Å². The summed E-state index contributed by atoms with van der Waals surface area (Å²) in [4.78, 5) is 2.45. The number of fused-ring (bicyclic) bond motifs is 21. The summed E-state index contributed by atoms with van der Waals surface area (Å²) in [6.45, 7) is 0. The molecule has 4 heteroatoms. The van der Waals surface area contributed by atoms with Gasteiger partial charge in [0, 0.05) is 59.5 Å². The van der Waals surface area contributed by atoms with Gasteiger partial charge in [-0.25, -0.2) is 0 Å². The molecule has 17 rings (SSSR count). The van der Waals surface area contributed by atoms with Crippen LogP contribution in [0.3, 0.4) is 0 Å². The molecule has 0 fully saturated rings. The minimum absolute atomic E-state index is 0.570. The third-order valence-electron chi connectivity index (χ3n) is 17.2. The van der Waals surface area contributed by atoms with Crippen LogP contribution >= 0.6 is 11.3 Å². The molecule has 2 aliphatic heterocycles. The normalized spacial score (nSPS) is 14.1. The molecule has 0 radical (unpaired) electrons. The Bertz CT molecular complexity index is 4570. The number of para-hydroxylation sites is 4. The van der Waals surface area contributed by atoms with Crippen molar-refractivity contribution in [3.05, 3.63) is 317 Å². The predicted octanol–water partition coefficient (Wildman–Crippen LogP) is 19.8. The van der Waals surface area contributed by atoms with Gasteiger partial charge in [-0.05, 0) is 152 Å². The van der Waals surface area contributed by atoms with Crippen molar-refractivity contribution >= 4 is 48.6 Å². The lowest BCUT2D eigenvalue weighted by Crippen LogP contribution is -2.32. The van der Waals surface area contributed by atoms with E-state index in [0.29, 0.717) is 0 Å². The first-order chi connectivity index (χ1) is 38.6. The van der Waals surface area contributed by atoms with Crippen LogP contribution in [0.4, 0.5) is 17.1 Å². The van der Waals surface area contributed by atoms with Gasteiger partial charge >= 0.3 is 0 Å². The van der Waals surface area contributed by atoms with E-state index in [4.69, 9.17) is 9.47 Å². The SMILES string of the molecule is c1cc(-c2ccc3c(c2)C2(c4ccccc4Oc4ccccc42)c2ccccc2-3)cc(N(c2ccc(-c3ccc4sc5ccccc5c4c3)cc2)c2ccc3c(c2)C2(c4ccccc4Oc4ccccc42)c2ccccc2-3)c1. The van der Waals surface area contributed by atoms with Crippen molar-refractivity contribution in [2.75, 3.05) is 4.90 Å². The quantitative estimate of drug-likeness (QED) is 0.171. The molecule has 12 aromatic carbocycles. The highest BCUT2D eigenvalue weighted by molar-refractivity contribution is 7.25. The van der Waals surface area contributed by atoms with Crippen molar-refractivity contribution in [3.63, 3.8) is 0 Å². The van der Waals surface area contributed by atoms with E-state index < -0.39 is 10.8 Å². The monoisotopic (exact) mass is 1010 g/mol. The van der Waals surface area contributed by atoms with Crippen LogP contribution in [0.5, 0.6) is 23.0 Å². The van der Waals surface area contributed by atoms with Gasteiger partial charge in [-0.1, -0.05) is 188 Å². The Labute approximate surface area is 456 Å². The smallest absolute Gasteiger partial charge is 0.132 e. The van der Waals surface area contributed by atoms with E-state index in [-0.39, 0.29) is 0 Å². The van der Waals surface area contributed by atoms with Crippen LogP contribution in [0.25, 0.3) is 64.7 Å². The van der Waals surface area contributed by atoms with Crippen molar-refractivity contribution < 1.29 is 9.47 Å². The molecular weight excluding hydrogens is 967 g/mol. The van der Waals surface area contributed by atoms with Gasteiger partial charge in [-0.2, -0.15) is 0 Å². The number of nitrogens with zero attached hydrogens (tertiary/aromatic N) is 1. The molecule has 0 saturated heterocycles. The third kappa shape index (κ3) is 5.92. The molecule has 364 valence electrons. The molecule has 13 aromatic rings.